The lowest BCUT2D eigenvalue weighted by Gasteiger charge is -2.23. The third kappa shape index (κ3) is 4.14. The summed E-state index contributed by atoms with van der Waals surface area (Å²) in [7, 11) is 3.06. The summed E-state index contributed by atoms with van der Waals surface area (Å²) in [5, 5.41) is 3.83. The van der Waals surface area contributed by atoms with Crippen molar-refractivity contribution in [2.24, 2.45) is 5.92 Å². The molecule has 0 amide bonds. The van der Waals surface area contributed by atoms with Gasteiger partial charge in [0.15, 0.2) is 11.5 Å². The van der Waals surface area contributed by atoms with Gasteiger partial charge in [-0.1, -0.05) is 26.0 Å². The highest BCUT2D eigenvalue weighted by atomic mass is 19.1. The van der Waals surface area contributed by atoms with Crippen LogP contribution in [0, 0.1) is 11.7 Å². The SMILES string of the molecule is COc1cc2nc(CN[C@H](c3ccc(F)cc3)C(C)C)[nH]c(=O)c2cc1OC. The summed E-state index contributed by atoms with van der Waals surface area (Å²) in [6.07, 6.45) is 0. The minimum atomic E-state index is -0.267. The zero-order valence-corrected chi connectivity index (χ0v) is 16.4. The quantitative estimate of drug-likeness (QED) is 0.650. The number of ether oxygens (including phenoxy) is 2. The van der Waals surface area contributed by atoms with Gasteiger partial charge in [-0.25, -0.2) is 9.37 Å². The molecule has 1 heterocycles. The summed E-state index contributed by atoms with van der Waals surface area (Å²) in [4.78, 5) is 19.8. The smallest absolute Gasteiger partial charge is 0.258 e. The molecule has 7 heteroatoms. The molecule has 28 heavy (non-hydrogen) atoms. The van der Waals surface area contributed by atoms with Gasteiger partial charge in [0.05, 0.1) is 31.7 Å². The van der Waals surface area contributed by atoms with Gasteiger partial charge in [-0.3, -0.25) is 4.79 Å². The molecule has 0 saturated carbocycles. The van der Waals surface area contributed by atoms with E-state index in [2.05, 4.69) is 29.1 Å². The first-order valence-electron chi connectivity index (χ1n) is 9.06. The summed E-state index contributed by atoms with van der Waals surface area (Å²) < 4.78 is 23.8. The molecule has 6 nitrogen and oxygen atoms in total. The average Bonchev–Trinajstić information content (AvgIpc) is 2.68. The molecule has 1 aromatic heterocycles. The molecule has 0 fully saturated rings. The van der Waals surface area contributed by atoms with Gasteiger partial charge in [-0.05, 0) is 29.7 Å². The van der Waals surface area contributed by atoms with Crippen molar-refractivity contribution < 1.29 is 13.9 Å². The van der Waals surface area contributed by atoms with Crippen LogP contribution in [-0.4, -0.2) is 24.2 Å². The number of H-pyrrole nitrogens is 1. The number of methoxy groups -OCH3 is 2. The standard InChI is InChI=1S/C21H24FN3O3/c1-12(2)20(13-5-7-14(22)8-6-13)23-11-19-24-16-10-18(28-4)17(27-3)9-15(16)21(26)25-19/h5-10,12,20,23H,11H2,1-4H3,(H,24,25,26)/t20-/m0/s1. The summed E-state index contributed by atoms with van der Waals surface area (Å²) in [6.45, 7) is 4.52. The molecule has 2 aromatic carbocycles. The van der Waals surface area contributed by atoms with E-state index in [4.69, 9.17) is 9.47 Å². The zero-order chi connectivity index (χ0) is 20.3. The van der Waals surface area contributed by atoms with Gasteiger partial charge < -0.3 is 19.8 Å². The molecule has 3 rings (SSSR count). The maximum atomic E-state index is 13.2. The highest BCUT2D eigenvalue weighted by Gasteiger charge is 2.17. The Morgan fingerprint density at radius 1 is 1.11 bits per heavy atom. The van der Waals surface area contributed by atoms with E-state index in [9.17, 15) is 9.18 Å². The van der Waals surface area contributed by atoms with E-state index in [0.29, 0.717) is 34.8 Å². The minimum Gasteiger partial charge on any atom is -0.493 e. The Balaban J connectivity index is 1.88. The van der Waals surface area contributed by atoms with Crippen molar-refractivity contribution in [3.8, 4) is 11.5 Å². The van der Waals surface area contributed by atoms with E-state index in [-0.39, 0.29) is 23.3 Å². The summed E-state index contributed by atoms with van der Waals surface area (Å²) >= 11 is 0. The molecule has 1 atom stereocenters. The first-order valence-corrected chi connectivity index (χ1v) is 9.06. The molecule has 0 unspecified atom stereocenters. The van der Waals surface area contributed by atoms with Crippen molar-refractivity contribution in [3.05, 3.63) is 64.0 Å². The van der Waals surface area contributed by atoms with Crippen LogP contribution in [-0.2, 0) is 6.54 Å². The van der Waals surface area contributed by atoms with Gasteiger partial charge in [0.25, 0.3) is 5.56 Å². The van der Waals surface area contributed by atoms with E-state index in [1.165, 1.54) is 26.4 Å². The van der Waals surface area contributed by atoms with Crippen LogP contribution in [0.15, 0.2) is 41.2 Å². The molecular weight excluding hydrogens is 361 g/mol. The molecule has 0 bridgehead atoms. The van der Waals surface area contributed by atoms with Crippen molar-refractivity contribution in [1.29, 1.82) is 0 Å². The van der Waals surface area contributed by atoms with Crippen molar-refractivity contribution >= 4 is 10.9 Å². The average molecular weight is 385 g/mol. The number of hydrogen-bond donors (Lipinski definition) is 2. The fourth-order valence-electron chi connectivity index (χ4n) is 3.21. The number of aromatic nitrogens is 2. The van der Waals surface area contributed by atoms with E-state index >= 15 is 0 Å². The van der Waals surface area contributed by atoms with Crippen LogP contribution in [0.3, 0.4) is 0 Å². The van der Waals surface area contributed by atoms with Crippen LogP contribution in [0.1, 0.15) is 31.3 Å². The number of rotatable bonds is 7. The molecular formula is C21H24FN3O3. The maximum Gasteiger partial charge on any atom is 0.258 e. The van der Waals surface area contributed by atoms with Crippen LogP contribution in [0.5, 0.6) is 11.5 Å². The molecule has 3 aromatic rings. The second-order valence-corrected chi connectivity index (χ2v) is 6.89. The topological polar surface area (TPSA) is 76.2 Å². The Bertz CT molecular complexity index is 1020. The summed E-state index contributed by atoms with van der Waals surface area (Å²) in [6, 6.07) is 9.72. The van der Waals surface area contributed by atoms with Crippen LogP contribution in [0.2, 0.25) is 0 Å². The highest BCUT2D eigenvalue weighted by molar-refractivity contribution is 5.81. The maximum absolute atomic E-state index is 13.2. The van der Waals surface area contributed by atoms with E-state index in [1.807, 2.05) is 0 Å². The van der Waals surface area contributed by atoms with Crippen molar-refractivity contribution in [2.75, 3.05) is 14.2 Å². The minimum absolute atomic E-state index is 0.00741. The Morgan fingerprint density at radius 2 is 1.75 bits per heavy atom. The second kappa shape index (κ2) is 8.39. The van der Waals surface area contributed by atoms with Gasteiger partial charge in [0.1, 0.15) is 11.6 Å². The fourth-order valence-corrected chi connectivity index (χ4v) is 3.21. The lowest BCUT2D eigenvalue weighted by atomic mass is 9.96. The van der Waals surface area contributed by atoms with Crippen molar-refractivity contribution in [3.63, 3.8) is 0 Å². The Labute approximate surface area is 162 Å². The van der Waals surface area contributed by atoms with Crippen LogP contribution in [0.4, 0.5) is 4.39 Å². The molecule has 0 saturated heterocycles. The highest BCUT2D eigenvalue weighted by Crippen LogP contribution is 2.30. The predicted octanol–water partition coefficient (Wildman–Crippen LogP) is 3.57. The number of halogens is 1. The van der Waals surface area contributed by atoms with Gasteiger partial charge in [-0.2, -0.15) is 0 Å². The van der Waals surface area contributed by atoms with Crippen molar-refractivity contribution in [1.82, 2.24) is 15.3 Å². The first kappa shape index (κ1) is 19.8. The van der Waals surface area contributed by atoms with E-state index in [0.717, 1.165) is 5.56 Å². The van der Waals surface area contributed by atoms with E-state index in [1.54, 1.807) is 24.3 Å². The number of nitrogens with one attached hydrogen (secondary N) is 2. The molecule has 148 valence electrons. The van der Waals surface area contributed by atoms with Gasteiger partial charge >= 0.3 is 0 Å². The monoisotopic (exact) mass is 385 g/mol. The normalized spacial score (nSPS) is 12.4. The zero-order valence-electron chi connectivity index (χ0n) is 16.4. The predicted molar refractivity (Wildman–Crippen MR) is 106 cm³/mol. The molecule has 0 aliphatic heterocycles. The number of fused-ring (bicyclic) bond motifs is 1. The number of nitrogens with zero attached hydrogens (tertiary/aromatic N) is 1. The van der Waals surface area contributed by atoms with Crippen molar-refractivity contribution in [2.45, 2.75) is 26.4 Å². The van der Waals surface area contributed by atoms with Gasteiger partial charge in [0.2, 0.25) is 0 Å². The summed E-state index contributed by atoms with van der Waals surface area (Å²) in [5.41, 5.74) is 1.26. The third-order valence-electron chi connectivity index (χ3n) is 4.64. The molecule has 2 N–H and O–H groups in total. The lowest BCUT2D eigenvalue weighted by molar-refractivity contribution is 0.355. The number of aromatic amines is 1. The molecule has 0 aliphatic carbocycles. The Hall–Kier alpha value is -2.93. The molecule has 0 aliphatic rings. The van der Waals surface area contributed by atoms with Gasteiger partial charge in [-0.15, -0.1) is 0 Å². The summed E-state index contributed by atoms with van der Waals surface area (Å²) in [5.74, 6) is 1.50. The first-order chi connectivity index (χ1) is 13.4. The lowest BCUT2D eigenvalue weighted by Crippen LogP contribution is -2.27. The van der Waals surface area contributed by atoms with Crippen LogP contribution >= 0.6 is 0 Å². The number of benzene rings is 2. The van der Waals surface area contributed by atoms with Gasteiger partial charge in [0, 0.05) is 12.1 Å². The van der Waals surface area contributed by atoms with Crippen LogP contribution in [0.25, 0.3) is 10.9 Å². The van der Waals surface area contributed by atoms with E-state index < -0.39 is 0 Å². The molecule has 0 radical (unpaired) electrons. The van der Waals surface area contributed by atoms with Crippen LogP contribution < -0.4 is 20.3 Å². The fraction of sp³-hybridized carbons (Fsp3) is 0.333. The molecule has 0 spiro atoms. The third-order valence-corrected chi connectivity index (χ3v) is 4.64. The number of hydrogen-bond acceptors (Lipinski definition) is 5. The second-order valence-electron chi connectivity index (χ2n) is 6.89. The Morgan fingerprint density at radius 3 is 2.36 bits per heavy atom. The Kier molecular flexibility index (Phi) is 5.94. The largest absolute Gasteiger partial charge is 0.493 e.